The monoisotopic (exact) mass is 147 g/mol. The van der Waals surface area contributed by atoms with Crippen LogP contribution in [-0.2, 0) is 14.3 Å². The van der Waals surface area contributed by atoms with E-state index in [2.05, 4.69) is 5.48 Å². The predicted molar refractivity (Wildman–Crippen MR) is 35.3 cm³/mol. The highest BCUT2D eigenvalue weighted by Crippen LogP contribution is 2.07. The van der Waals surface area contributed by atoms with Crippen molar-refractivity contribution in [3.05, 3.63) is 0 Å². The van der Waals surface area contributed by atoms with Gasteiger partial charge in [0.15, 0.2) is 0 Å². The van der Waals surface area contributed by atoms with Gasteiger partial charge in [0.1, 0.15) is 6.23 Å². The molecule has 1 saturated heterocycles. The van der Waals surface area contributed by atoms with E-state index in [1.165, 1.54) is 0 Å². The number of nitrogens with one attached hydrogen (secondary N) is 1. The van der Waals surface area contributed by atoms with Crippen LogP contribution < -0.4 is 5.48 Å². The number of ether oxygens (including phenoxy) is 2. The number of methoxy groups -OCH3 is 2. The molecule has 0 aliphatic carbocycles. The maximum atomic E-state index is 5.08. The third-order valence-electron chi connectivity index (χ3n) is 1.58. The van der Waals surface area contributed by atoms with Gasteiger partial charge in [0.2, 0.25) is 0 Å². The van der Waals surface area contributed by atoms with Crippen molar-refractivity contribution in [1.82, 2.24) is 5.48 Å². The van der Waals surface area contributed by atoms with Gasteiger partial charge in [0.25, 0.3) is 0 Å². The van der Waals surface area contributed by atoms with Crippen LogP contribution in [0.2, 0.25) is 0 Å². The molecule has 10 heavy (non-hydrogen) atoms. The zero-order chi connectivity index (χ0) is 7.40. The van der Waals surface area contributed by atoms with Crippen LogP contribution in [-0.4, -0.2) is 33.2 Å². The van der Waals surface area contributed by atoms with E-state index in [0.29, 0.717) is 6.61 Å². The van der Waals surface area contributed by atoms with Crippen LogP contribution in [0.3, 0.4) is 0 Å². The summed E-state index contributed by atoms with van der Waals surface area (Å²) in [5.74, 6) is 0. The molecule has 4 nitrogen and oxygen atoms in total. The molecule has 1 rings (SSSR count). The topological polar surface area (TPSA) is 39.7 Å². The summed E-state index contributed by atoms with van der Waals surface area (Å²) in [7, 11) is 3.31. The first-order valence-corrected chi connectivity index (χ1v) is 3.29. The Bertz CT molecular complexity index is 89.0. The molecule has 1 fully saturated rings. The second-order valence-corrected chi connectivity index (χ2v) is 2.25. The summed E-state index contributed by atoms with van der Waals surface area (Å²) in [4.78, 5) is 4.98. The Kier molecular flexibility index (Phi) is 3.08. The minimum atomic E-state index is -0.0290. The molecule has 0 aromatic heterocycles. The Hall–Kier alpha value is -0.160. The molecular formula is C6H13NO3. The second kappa shape index (κ2) is 3.88. The molecule has 0 unspecified atom stereocenters. The lowest BCUT2D eigenvalue weighted by molar-refractivity contribution is -0.158. The highest BCUT2D eigenvalue weighted by atomic mass is 16.7. The van der Waals surface area contributed by atoms with Crippen LogP contribution in [0.5, 0.6) is 0 Å². The highest BCUT2D eigenvalue weighted by Gasteiger charge is 2.20. The lowest BCUT2D eigenvalue weighted by Gasteiger charge is -2.27. The number of rotatable bonds is 2. The molecule has 0 radical (unpaired) electrons. The van der Waals surface area contributed by atoms with Crippen LogP contribution in [0.4, 0.5) is 0 Å². The fraction of sp³-hybridized carbons (Fsp3) is 1.00. The molecule has 0 aromatic rings. The number of hydrogen-bond acceptors (Lipinski definition) is 4. The molecule has 0 saturated carbocycles. The summed E-state index contributed by atoms with van der Waals surface area (Å²) >= 11 is 0. The van der Waals surface area contributed by atoms with Crippen molar-refractivity contribution in [2.24, 2.45) is 0 Å². The van der Waals surface area contributed by atoms with Gasteiger partial charge < -0.3 is 9.47 Å². The minimum absolute atomic E-state index is 0.0290. The average Bonchev–Trinajstić information content (AvgIpc) is 2.05. The van der Waals surface area contributed by atoms with Gasteiger partial charge in [-0.15, -0.1) is 0 Å². The molecule has 1 aliphatic rings. The standard InChI is InChI=1S/C6H13NO3/c1-8-5-3-6(9-2)7-10-4-5/h5-7H,3-4H2,1-2H3/t5-,6+/m1/s1. The third-order valence-corrected chi connectivity index (χ3v) is 1.58. The number of hydrogen-bond donors (Lipinski definition) is 1. The van der Waals surface area contributed by atoms with Crippen molar-refractivity contribution in [3.8, 4) is 0 Å². The van der Waals surface area contributed by atoms with E-state index in [4.69, 9.17) is 14.3 Å². The van der Waals surface area contributed by atoms with Crippen molar-refractivity contribution >= 4 is 0 Å². The Balaban J connectivity index is 2.25. The van der Waals surface area contributed by atoms with Crippen molar-refractivity contribution in [2.75, 3.05) is 20.8 Å². The van der Waals surface area contributed by atoms with Crippen molar-refractivity contribution < 1.29 is 14.3 Å². The van der Waals surface area contributed by atoms with E-state index in [1.807, 2.05) is 0 Å². The predicted octanol–water partition coefficient (Wildman–Crippen LogP) is -0.101. The quantitative estimate of drug-likeness (QED) is 0.592. The van der Waals surface area contributed by atoms with E-state index in [0.717, 1.165) is 6.42 Å². The Morgan fingerprint density at radius 1 is 1.40 bits per heavy atom. The summed E-state index contributed by atoms with van der Waals surface area (Å²) in [5, 5.41) is 0. The summed E-state index contributed by atoms with van der Waals surface area (Å²) in [5.41, 5.74) is 2.73. The van der Waals surface area contributed by atoms with Gasteiger partial charge in [-0.05, 0) is 0 Å². The van der Waals surface area contributed by atoms with Gasteiger partial charge in [-0.1, -0.05) is 0 Å². The molecule has 0 aromatic carbocycles. The molecular weight excluding hydrogens is 134 g/mol. The largest absolute Gasteiger partial charge is 0.379 e. The summed E-state index contributed by atoms with van der Waals surface area (Å²) in [6.07, 6.45) is 0.970. The van der Waals surface area contributed by atoms with Crippen LogP contribution >= 0.6 is 0 Å². The third kappa shape index (κ3) is 1.91. The number of hydroxylamine groups is 1. The first-order chi connectivity index (χ1) is 4.86. The van der Waals surface area contributed by atoms with Gasteiger partial charge in [-0.2, -0.15) is 5.48 Å². The zero-order valence-electron chi connectivity index (χ0n) is 6.29. The van der Waals surface area contributed by atoms with Gasteiger partial charge in [-0.3, -0.25) is 4.84 Å². The molecule has 2 atom stereocenters. The Labute approximate surface area is 60.4 Å². The van der Waals surface area contributed by atoms with Crippen molar-refractivity contribution in [3.63, 3.8) is 0 Å². The molecule has 1 heterocycles. The normalized spacial score (nSPS) is 34.2. The van der Waals surface area contributed by atoms with Crippen LogP contribution in [0.1, 0.15) is 6.42 Å². The smallest absolute Gasteiger partial charge is 0.132 e. The van der Waals surface area contributed by atoms with Gasteiger partial charge in [0, 0.05) is 20.6 Å². The molecule has 60 valence electrons. The molecule has 4 heteroatoms. The maximum Gasteiger partial charge on any atom is 0.132 e. The van der Waals surface area contributed by atoms with Gasteiger partial charge >= 0.3 is 0 Å². The summed E-state index contributed by atoms with van der Waals surface area (Å²) < 4.78 is 10.1. The van der Waals surface area contributed by atoms with Crippen molar-refractivity contribution in [2.45, 2.75) is 18.8 Å². The van der Waals surface area contributed by atoms with Crippen LogP contribution in [0, 0.1) is 0 Å². The Morgan fingerprint density at radius 2 is 2.20 bits per heavy atom. The van der Waals surface area contributed by atoms with E-state index in [-0.39, 0.29) is 12.3 Å². The molecule has 0 bridgehead atoms. The van der Waals surface area contributed by atoms with E-state index < -0.39 is 0 Å². The fourth-order valence-electron chi connectivity index (χ4n) is 0.898. The maximum absolute atomic E-state index is 5.08. The second-order valence-electron chi connectivity index (χ2n) is 2.25. The van der Waals surface area contributed by atoms with E-state index in [1.54, 1.807) is 14.2 Å². The summed E-state index contributed by atoms with van der Waals surface area (Å²) in [6, 6.07) is 0. The highest BCUT2D eigenvalue weighted by molar-refractivity contribution is 4.64. The molecule has 0 spiro atoms. The van der Waals surface area contributed by atoms with Crippen molar-refractivity contribution in [1.29, 1.82) is 0 Å². The van der Waals surface area contributed by atoms with E-state index >= 15 is 0 Å². The average molecular weight is 147 g/mol. The zero-order valence-corrected chi connectivity index (χ0v) is 6.29. The van der Waals surface area contributed by atoms with E-state index in [9.17, 15) is 0 Å². The lowest BCUT2D eigenvalue weighted by atomic mass is 10.2. The summed E-state index contributed by atoms with van der Waals surface area (Å²) in [6.45, 7) is 0.594. The Morgan fingerprint density at radius 3 is 2.80 bits per heavy atom. The van der Waals surface area contributed by atoms with Gasteiger partial charge in [0.05, 0.1) is 12.7 Å². The van der Waals surface area contributed by atoms with Crippen LogP contribution in [0.15, 0.2) is 0 Å². The molecule has 0 amide bonds. The van der Waals surface area contributed by atoms with Crippen LogP contribution in [0.25, 0.3) is 0 Å². The minimum Gasteiger partial charge on any atom is -0.379 e. The molecule has 1 aliphatic heterocycles. The first kappa shape index (κ1) is 7.94. The lowest BCUT2D eigenvalue weighted by Crippen LogP contribution is -2.43. The first-order valence-electron chi connectivity index (χ1n) is 3.29. The SMILES string of the molecule is CO[C@H]1CON[C@@H](OC)C1. The van der Waals surface area contributed by atoms with Gasteiger partial charge in [-0.25, -0.2) is 0 Å². The molecule has 1 N–H and O–H groups in total. The fourth-order valence-corrected chi connectivity index (χ4v) is 0.898.